The van der Waals surface area contributed by atoms with Crippen molar-refractivity contribution in [3.8, 4) is 0 Å². The number of nitrogens with one attached hydrogen (secondary N) is 1. The van der Waals surface area contributed by atoms with Crippen LogP contribution in [0.3, 0.4) is 0 Å². The summed E-state index contributed by atoms with van der Waals surface area (Å²) in [5.41, 5.74) is 0.829. The van der Waals surface area contributed by atoms with Gasteiger partial charge in [0, 0.05) is 23.8 Å². The lowest BCUT2D eigenvalue weighted by Crippen LogP contribution is -2.35. The Morgan fingerprint density at radius 3 is 2.62 bits per heavy atom. The van der Waals surface area contributed by atoms with E-state index in [2.05, 4.69) is 47.1 Å². The van der Waals surface area contributed by atoms with Crippen LogP contribution in [0.25, 0.3) is 0 Å². The van der Waals surface area contributed by atoms with Crippen molar-refractivity contribution in [2.45, 2.75) is 39.4 Å². The van der Waals surface area contributed by atoms with E-state index >= 15 is 0 Å². The van der Waals surface area contributed by atoms with Crippen LogP contribution in [-0.4, -0.2) is 15.3 Å². The molecule has 1 aromatic heterocycles. The highest BCUT2D eigenvalue weighted by atomic mass is 79.9. The van der Waals surface area contributed by atoms with E-state index in [1.807, 2.05) is 6.07 Å². The molecule has 0 aliphatic heterocycles. The molecule has 0 amide bonds. The molecule has 2 rings (SSSR count). The normalized spacial score (nSPS) is 11.9. The molecule has 0 spiro atoms. The zero-order valence-electron chi connectivity index (χ0n) is 12.3. The molecule has 0 aliphatic carbocycles. The third kappa shape index (κ3) is 4.35. The molecule has 3 nitrogen and oxygen atoms in total. The predicted octanol–water partition coefficient (Wildman–Crippen LogP) is 3.86. The predicted molar refractivity (Wildman–Crippen MR) is 82.0 cm³/mol. The third-order valence-corrected chi connectivity index (χ3v) is 3.57. The molecule has 1 aromatic carbocycles. The molecule has 0 saturated heterocycles. The van der Waals surface area contributed by atoms with Crippen LogP contribution in [0.4, 0.5) is 8.78 Å². The molecule has 21 heavy (non-hydrogen) atoms. The van der Waals surface area contributed by atoms with Crippen LogP contribution < -0.4 is 5.32 Å². The minimum absolute atomic E-state index is 0.00260. The maximum atomic E-state index is 13.9. The second-order valence-corrected chi connectivity index (χ2v) is 6.78. The topological polar surface area (TPSA) is 29.9 Å². The average molecular weight is 358 g/mol. The van der Waals surface area contributed by atoms with Gasteiger partial charge in [0.15, 0.2) is 0 Å². The molecule has 1 heterocycles. The average Bonchev–Trinajstić information content (AvgIpc) is 2.84. The highest BCUT2D eigenvalue weighted by Crippen LogP contribution is 2.22. The molecule has 6 heteroatoms. The number of hydrogen-bond acceptors (Lipinski definition) is 2. The van der Waals surface area contributed by atoms with Gasteiger partial charge in [0.1, 0.15) is 11.6 Å². The maximum Gasteiger partial charge on any atom is 0.145 e. The van der Waals surface area contributed by atoms with E-state index < -0.39 is 11.6 Å². The van der Waals surface area contributed by atoms with Gasteiger partial charge in [0.05, 0.1) is 16.7 Å². The SMILES string of the molecule is CC(C)(C)NCc1ccn(Cc2c(F)ccc(Br)c2F)n1. The molecule has 0 atom stereocenters. The summed E-state index contributed by atoms with van der Waals surface area (Å²) >= 11 is 3.06. The monoisotopic (exact) mass is 357 g/mol. The first-order valence-electron chi connectivity index (χ1n) is 6.66. The second kappa shape index (κ2) is 6.23. The minimum Gasteiger partial charge on any atom is -0.306 e. The summed E-state index contributed by atoms with van der Waals surface area (Å²) in [6.45, 7) is 6.87. The summed E-state index contributed by atoms with van der Waals surface area (Å²) in [5.74, 6) is -1.15. The Kier molecular flexibility index (Phi) is 4.78. The molecule has 2 aromatic rings. The number of nitrogens with zero attached hydrogens (tertiary/aromatic N) is 2. The second-order valence-electron chi connectivity index (χ2n) is 5.93. The van der Waals surface area contributed by atoms with Gasteiger partial charge in [-0.3, -0.25) is 4.68 Å². The van der Waals surface area contributed by atoms with Crippen LogP contribution in [-0.2, 0) is 13.1 Å². The summed E-state index contributed by atoms with van der Waals surface area (Å²) in [4.78, 5) is 0. The number of benzene rings is 1. The van der Waals surface area contributed by atoms with E-state index in [1.165, 1.54) is 16.8 Å². The van der Waals surface area contributed by atoms with Crippen molar-refractivity contribution >= 4 is 15.9 Å². The lowest BCUT2D eigenvalue weighted by molar-refractivity contribution is 0.419. The molecule has 0 unspecified atom stereocenters. The molecule has 0 fully saturated rings. The Labute approximate surface area is 131 Å². The largest absolute Gasteiger partial charge is 0.306 e. The van der Waals surface area contributed by atoms with Gasteiger partial charge in [-0.1, -0.05) is 0 Å². The van der Waals surface area contributed by atoms with Gasteiger partial charge in [0.25, 0.3) is 0 Å². The van der Waals surface area contributed by atoms with Crippen LogP contribution >= 0.6 is 15.9 Å². The van der Waals surface area contributed by atoms with Crippen LogP contribution in [0.1, 0.15) is 32.0 Å². The summed E-state index contributed by atoms with van der Waals surface area (Å²) in [5, 5.41) is 7.64. The van der Waals surface area contributed by atoms with Crippen LogP contribution in [0.5, 0.6) is 0 Å². The van der Waals surface area contributed by atoms with E-state index in [0.717, 1.165) is 5.69 Å². The molecule has 114 valence electrons. The van der Waals surface area contributed by atoms with Crippen molar-refractivity contribution in [2.24, 2.45) is 0 Å². The Hall–Kier alpha value is -1.27. The Morgan fingerprint density at radius 2 is 1.95 bits per heavy atom. The maximum absolute atomic E-state index is 13.9. The summed E-state index contributed by atoms with van der Waals surface area (Å²) in [6, 6.07) is 4.44. The van der Waals surface area contributed by atoms with E-state index in [-0.39, 0.29) is 22.1 Å². The first kappa shape index (κ1) is 16.1. The molecule has 1 N–H and O–H groups in total. The lowest BCUT2D eigenvalue weighted by atomic mass is 10.1. The fourth-order valence-corrected chi connectivity index (χ4v) is 2.19. The van der Waals surface area contributed by atoms with Crippen molar-refractivity contribution < 1.29 is 8.78 Å². The zero-order valence-corrected chi connectivity index (χ0v) is 13.8. The summed E-state index contributed by atoms with van der Waals surface area (Å²) in [7, 11) is 0. The standard InChI is InChI=1S/C15H18BrF2N3/c1-15(2,3)19-8-10-6-7-21(20-10)9-11-13(17)5-4-12(16)14(11)18/h4-7,19H,8-9H2,1-3H3. The van der Waals surface area contributed by atoms with Gasteiger partial charge in [-0.2, -0.15) is 5.10 Å². The smallest absolute Gasteiger partial charge is 0.145 e. The highest BCUT2D eigenvalue weighted by Gasteiger charge is 2.14. The highest BCUT2D eigenvalue weighted by molar-refractivity contribution is 9.10. The van der Waals surface area contributed by atoms with Crippen LogP contribution in [0, 0.1) is 11.6 Å². The van der Waals surface area contributed by atoms with Crippen LogP contribution in [0.2, 0.25) is 0 Å². The van der Waals surface area contributed by atoms with Crippen molar-refractivity contribution in [2.75, 3.05) is 0 Å². The van der Waals surface area contributed by atoms with E-state index in [9.17, 15) is 8.78 Å². The van der Waals surface area contributed by atoms with Crippen molar-refractivity contribution in [3.63, 3.8) is 0 Å². The molecular weight excluding hydrogens is 340 g/mol. The summed E-state index contributed by atoms with van der Waals surface area (Å²) in [6.07, 6.45) is 1.72. The quantitative estimate of drug-likeness (QED) is 0.842. The fourth-order valence-electron chi connectivity index (χ4n) is 1.82. The summed E-state index contributed by atoms with van der Waals surface area (Å²) < 4.78 is 29.4. The first-order valence-corrected chi connectivity index (χ1v) is 7.45. The van der Waals surface area contributed by atoms with Crippen molar-refractivity contribution in [1.82, 2.24) is 15.1 Å². The number of rotatable bonds is 4. The number of hydrogen-bond donors (Lipinski definition) is 1. The number of aromatic nitrogens is 2. The van der Waals surface area contributed by atoms with Crippen molar-refractivity contribution in [1.29, 1.82) is 0 Å². The zero-order chi connectivity index (χ0) is 15.6. The molecule has 0 aliphatic rings. The Morgan fingerprint density at radius 1 is 1.24 bits per heavy atom. The van der Waals surface area contributed by atoms with Gasteiger partial charge >= 0.3 is 0 Å². The fraction of sp³-hybridized carbons (Fsp3) is 0.400. The van der Waals surface area contributed by atoms with Gasteiger partial charge in [0.2, 0.25) is 0 Å². The van der Waals surface area contributed by atoms with Gasteiger partial charge < -0.3 is 5.32 Å². The van der Waals surface area contributed by atoms with E-state index in [4.69, 9.17) is 0 Å². The molecule has 0 radical (unpaired) electrons. The van der Waals surface area contributed by atoms with Gasteiger partial charge in [-0.15, -0.1) is 0 Å². The molecule has 0 bridgehead atoms. The number of halogens is 3. The van der Waals surface area contributed by atoms with Crippen LogP contribution in [0.15, 0.2) is 28.9 Å². The molecular formula is C15H18BrF2N3. The van der Waals surface area contributed by atoms with Gasteiger partial charge in [-0.25, -0.2) is 8.78 Å². The van der Waals surface area contributed by atoms with Crippen molar-refractivity contribution in [3.05, 3.63) is 51.8 Å². The third-order valence-electron chi connectivity index (χ3n) is 2.95. The van der Waals surface area contributed by atoms with Gasteiger partial charge in [-0.05, 0) is 54.9 Å². The Bertz CT molecular complexity index is 632. The molecule has 0 saturated carbocycles. The minimum atomic E-state index is -0.583. The Balaban J connectivity index is 2.11. The van der Waals surface area contributed by atoms with E-state index in [0.29, 0.717) is 6.54 Å². The van der Waals surface area contributed by atoms with E-state index in [1.54, 1.807) is 6.20 Å². The first-order chi connectivity index (χ1) is 9.76. The lowest BCUT2D eigenvalue weighted by Gasteiger charge is -2.19.